The van der Waals surface area contributed by atoms with E-state index in [0.29, 0.717) is 24.9 Å². The molecule has 12 nitrogen and oxygen atoms in total. The molecule has 290 valence electrons. The summed E-state index contributed by atoms with van der Waals surface area (Å²) in [6.07, 6.45) is 15.8. The monoisotopic (exact) mass is 755 g/mol. The number of sulfonamides is 1. The average molecular weight is 756 g/mol. The van der Waals surface area contributed by atoms with Gasteiger partial charge in [-0.1, -0.05) is 37.8 Å². The van der Waals surface area contributed by atoms with Crippen molar-refractivity contribution in [1.82, 2.24) is 28.8 Å². The van der Waals surface area contributed by atoms with Crippen LogP contribution in [0, 0.1) is 30.5 Å². The molecule has 3 heterocycles. The molecule has 0 radical (unpaired) electrons. The van der Waals surface area contributed by atoms with Crippen molar-refractivity contribution in [3.63, 3.8) is 0 Å². The second-order valence-corrected chi connectivity index (χ2v) is 17.7. The molecule has 1 aromatic heterocycles. The van der Waals surface area contributed by atoms with E-state index < -0.39 is 27.4 Å². The maximum Gasteiger partial charge on any atom is 0.407 e. The van der Waals surface area contributed by atoms with Crippen LogP contribution in [0.3, 0.4) is 0 Å². The number of halogens is 1. The van der Waals surface area contributed by atoms with Gasteiger partial charge in [0.25, 0.3) is 0 Å². The number of carbonyl (C=O) groups is 1. The Hall–Kier alpha value is -2.43. The molecule has 2 aliphatic heterocycles. The van der Waals surface area contributed by atoms with Crippen LogP contribution < -0.4 is 10.0 Å². The molecule has 2 saturated heterocycles. The number of ether oxygens (including phenoxy) is 1. The van der Waals surface area contributed by atoms with Gasteiger partial charge >= 0.3 is 6.09 Å². The fourth-order valence-corrected chi connectivity index (χ4v) is 10.8. The number of alkyl carbamates (subject to hydrolysis) is 1. The van der Waals surface area contributed by atoms with E-state index in [1.165, 1.54) is 30.2 Å². The standard InChI is InChI=1S/C29H42FN5O4S.C7H15NO2S.2H2/c1-21-31-12-16-34(21)15-11-29(24-5-3-6-25(30)17-24,26-7-4-8-27(26)32-28(36)39-2)23-9-13-33(14-10-23)18-22-19-35(20-22)40(37)38;1-11(9,10)8-7-5-3-2-4-6-7;;/h3,5-6,12,16-17,22-23,26-27H,4,7-11,13-15,18-20H2,1-2H3,(H,32,36)(H,37,38);7-8H,2-6H2,1H3;2*1H/p-1/t26-,27-,29-;;;/m0.../s1. The summed E-state index contributed by atoms with van der Waals surface area (Å²) in [5, 5.41) is 3.14. The van der Waals surface area contributed by atoms with Gasteiger partial charge in [-0.05, 0) is 100 Å². The van der Waals surface area contributed by atoms with Crippen molar-refractivity contribution in [1.29, 1.82) is 0 Å². The molecule has 4 fully saturated rings. The van der Waals surface area contributed by atoms with E-state index in [2.05, 4.69) is 30.6 Å². The summed E-state index contributed by atoms with van der Waals surface area (Å²) >= 11 is -2.13. The molecular weight excluding hydrogens is 696 g/mol. The lowest BCUT2D eigenvalue weighted by Crippen LogP contribution is -2.55. The number of benzene rings is 1. The first-order valence-corrected chi connectivity index (χ1v) is 21.4. The van der Waals surface area contributed by atoms with Crippen LogP contribution in [0.2, 0.25) is 0 Å². The zero-order valence-corrected chi connectivity index (χ0v) is 31.9. The van der Waals surface area contributed by atoms with E-state index in [4.69, 9.17) is 4.74 Å². The average Bonchev–Trinajstić information content (AvgIpc) is 3.72. The lowest BCUT2D eigenvalue weighted by molar-refractivity contribution is 0.0479. The maximum atomic E-state index is 14.9. The normalized spacial score (nSPS) is 24.6. The van der Waals surface area contributed by atoms with Gasteiger partial charge in [-0.15, -0.1) is 0 Å². The first-order chi connectivity index (χ1) is 24.4. The predicted molar refractivity (Wildman–Crippen MR) is 199 cm³/mol. The fourth-order valence-electron chi connectivity index (χ4n) is 9.25. The van der Waals surface area contributed by atoms with Crippen molar-refractivity contribution in [3.05, 3.63) is 53.9 Å². The number of aryl methyl sites for hydroxylation is 2. The van der Waals surface area contributed by atoms with Gasteiger partial charge in [0.2, 0.25) is 10.0 Å². The highest BCUT2D eigenvalue weighted by atomic mass is 32.2. The lowest BCUT2D eigenvalue weighted by atomic mass is 9.56. The molecule has 2 saturated carbocycles. The molecule has 0 spiro atoms. The summed E-state index contributed by atoms with van der Waals surface area (Å²) in [5.74, 6) is 1.52. The Kier molecular flexibility index (Phi) is 14.1. The van der Waals surface area contributed by atoms with Crippen LogP contribution in [-0.2, 0) is 38.0 Å². The van der Waals surface area contributed by atoms with Crippen molar-refractivity contribution < 1.29 is 34.0 Å². The summed E-state index contributed by atoms with van der Waals surface area (Å²) in [7, 11) is -1.58. The van der Waals surface area contributed by atoms with Gasteiger partial charge in [0, 0.05) is 70.2 Å². The molecule has 4 atom stereocenters. The number of amides is 1. The maximum absolute atomic E-state index is 14.9. The molecule has 0 bridgehead atoms. The van der Waals surface area contributed by atoms with E-state index >= 15 is 0 Å². The highest BCUT2D eigenvalue weighted by Gasteiger charge is 2.52. The van der Waals surface area contributed by atoms with Crippen LogP contribution in [0.4, 0.5) is 9.18 Å². The molecule has 2 aliphatic carbocycles. The van der Waals surface area contributed by atoms with Gasteiger partial charge in [0.15, 0.2) is 0 Å². The molecule has 1 aromatic carbocycles. The number of hydrogen-bond acceptors (Lipinski definition) is 8. The number of piperidine rings is 1. The Morgan fingerprint density at radius 2 is 1.84 bits per heavy atom. The fraction of sp³-hybridized carbons (Fsp3) is 0.722. The number of methoxy groups -OCH3 is 1. The summed E-state index contributed by atoms with van der Waals surface area (Å²) in [6.45, 7) is 6.69. The summed E-state index contributed by atoms with van der Waals surface area (Å²) in [5.41, 5.74) is 0.666. The Bertz CT molecular complexity index is 1570. The third-order valence-electron chi connectivity index (χ3n) is 11.7. The lowest BCUT2D eigenvalue weighted by Gasteiger charge is -2.51. The summed E-state index contributed by atoms with van der Waals surface area (Å²) in [4.78, 5) is 19.3. The second-order valence-electron chi connectivity index (χ2n) is 15.0. The molecule has 15 heteroatoms. The molecular formula is C36H60FN6O6S2-. The topological polar surface area (TPSA) is 149 Å². The summed E-state index contributed by atoms with van der Waals surface area (Å²) in [6, 6.07) is 7.27. The predicted octanol–water partition coefficient (Wildman–Crippen LogP) is 4.98. The van der Waals surface area contributed by atoms with Gasteiger partial charge in [0.05, 0.1) is 13.4 Å². The highest BCUT2D eigenvalue weighted by molar-refractivity contribution is 7.88. The SMILES string of the molecule is COC(=O)N[C@H]1CCC[C@@H]1[C@](CCn1ccnc1C)(c1cccc(F)c1)C1CCN(CC2CN(S(=O)[O-])C2)CC1.CS(=O)(=O)NC1CCCCC1.[HH].[HH]. The smallest absolute Gasteiger partial charge is 0.407 e. The van der Waals surface area contributed by atoms with E-state index in [1.807, 2.05) is 25.4 Å². The number of imidazole rings is 1. The third-order valence-corrected chi connectivity index (χ3v) is 13.2. The number of rotatable bonds is 12. The first-order valence-electron chi connectivity index (χ1n) is 18.5. The number of nitrogens with zero attached hydrogens (tertiary/aromatic N) is 4. The van der Waals surface area contributed by atoms with Crippen LogP contribution in [0.25, 0.3) is 0 Å². The minimum atomic E-state index is -2.97. The van der Waals surface area contributed by atoms with Crippen molar-refractivity contribution in [2.45, 2.75) is 102 Å². The molecule has 1 unspecified atom stereocenters. The molecule has 2 aromatic rings. The number of carbonyl (C=O) groups excluding carboxylic acids is 1. The van der Waals surface area contributed by atoms with Crippen LogP contribution in [0.15, 0.2) is 36.7 Å². The van der Waals surface area contributed by atoms with Crippen LogP contribution in [0.1, 0.15) is 84.9 Å². The Balaban J connectivity index is 0.000000501. The van der Waals surface area contributed by atoms with Crippen molar-refractivity contribution >= 4 is 27.4 Å². The zero-order valence-electron chi connectivity index (χ0n) is 30.3. The Morgan fingerprint density at radius 3 is 2.45 bits per heavy atom. The van der Waals surface area contributed by atoms with Crippen molar-refractivity contribution in [2.24, 2.45) is 17.8 Å². The van der Waals surface area contributed by atoms with Crippen LogP contribution in [0.5, 0.6) is 0 Å². The molecule has 1 amide bonds. The first kappa shape index (κ1) is 39.8. The van der Waals surface area contributed by atoms with Gasteiger partial charge in [-0.2, -0.15) is 0 Å². The molecule has 51 heavy (non-hydrogen) atoms. The molecule has 4 aliphatic rings. The van der Waals surface area contributed by atoms with Gasteiger partial charge < -0.3 is 24.1 Å². The quantitative estimate of drug-likeness (QED) is 0.288. The van der Waals surface area contributed by atoms with Crippen molar-refractivity contribution in [2.75, 3.05) is 46.1 Å². The second kappa shape index (κ2) is 18.1. The highest BCUT2D eigenvalue weighted by Crippen LogP contribution is 2.53. The largest absolute Gasteiger partial charge is 0.760 e. The minimum Gasteiger partial charge on any atom is -0.760 e. The number of aromatic nitrogens is 2. The minimum absolute atomic E-state index is 0. The Morgan fingerprint density at radius 1 is 1.12 bits per heavy atom. The summed E-state index contributed by atoms with van der Waals surface area (Å²) < 4.78 is 70.1. The van der Waals surface area contributed by atoms with Crippen molar-refractivity contribution in [3.8, 4) is 0 Å². The van der Waals surface area contributed by atoms with Gasteiger partial charge in [-0.3, -0.25) is 4.21 Å². The third kappa shape index (κ3) is 10.6. The van der Waals surface area contributed by atoms with E-state index in [0.717, 1.165) is 102 Å². The van der Waals surface area contributed by atoms with E-state index in [-0.39, 0.29) is 32.1 Å². The molecule has 2 N–H and O–H groups in total. The van der Waals surface area contributed by atoms with Crippen LogP contribution in [-0.4, -0.2) is 100 Å². The Labute approximate surface area is 308 Å². The molecule has 6 rings (SSSR count). The number of nitrogens with one attached hydrogen (secondary N) is 2. The van der Waals surface area contributed by atoms with E-state index in [1.54, 1.807) is 6.07 Å². The number of hydrogen-bond donors (Lipinski definition) is 2. The van der Waals surface area contributed by atoms with Gasteiger partial charge in [-0.25, -0.2) is 31.6 Å². The van der Waals surface area contributed by atoms with E-state index in [9.17, 15) is 26.4 Å². The zero-order chi connectivity index (χ0) is 36.6. The van der Waals surface area contributed by atoms with Gasteiger partial charge in [0.1, 0.15) is 11.6 Å². The number of likely N-dealkylation sites (tertiary alicyclic amines) is 1. The van der Waals surface area contributed by atoms with Crippen LogP contribution >= 0.6 is 0 Å².